The molecule has 0 unspecified atom stereocenters. The molecule has 5 nitrogen and oxygen atoms in total. The van der Waals surface area contributed by atoms with Crippen molar-refractivity contribution in [3.8, 4) is 10.8 Å². The van der Waals surface area contributed by atoms with Crippen molar-refractivity contribution in [3.63, 3.8) is 0 Å². The number of oxazole rings is 1. The van der Waals surface area contributed by atoms with Gasteiger partial charge in [-0.2, -0.15) is 0 Å². The lowest BCUT2D eigenvalue weighted by Gasteiger charge is -2.31. The molecule has 0 saturated heterocycles. The minimum absolute atomic E-state index is 0. The van der Waals surface area contributed by atoms with Gasteiger partial charge in [-0.25, -0.2) is 4.98 Å². The maximum Gasteiger partial charge on any atom is 0.236 e. The Kier molecular flexibility index (Phi) is 9.46. The topological polar surface area (TPSA) is 81.1 Å². The Labute approximate surface area is 152 Å². The molecule has 2 heterocycles. The van der Waals surface area contributed by atoms with Gasteiger partial charge in [0.25, 0.3) is 0 Å². The summed E-state index contributed by atoms with van der Waals surface area (Å²) in [4.78, 5) is 17.5. The fourth-order valence-corrected chi connectivity index (χ4v) is 2.83. The monoisotopic (exact) mass is 379 g/mol. The van der Waals surface area contributed by atoms with E-state index in [1.807, 2.05) is 31.4 Å². The van der Waals surface area contributed by atoms with E-state index in [4.69, 9.17) is 10.2 Å². The Balaban J connectivity index is 0.00000242. The number of hydrogen-bond donors (Lipinski definition) is 2. The molecule has 0 aliphatic heterocycles. The molecule has 8 heteroatoms. The van der Waals surface area contributed by atoms with Crippen molar-refractivity contribution in [1.29, 1.82) is 0 Å². The van der Waals surface area contributed by atoms with Gasteiger partial charge in [-0.05, 0) is 24.3 Å². The van der Waals surface area contributed by atoms with E-state index in [2.05, 4.69) is 10.3 Å². The SMILES string of the molecule is CCC(CC)(CN)NC(=O)Cc1coc(-c2cccs2)n1.Cl.Cl. The van der Waals surface area contributed by atoms with Gasteiger partial charge < -0.3 is 15.5 Å². The van der Waals surface area contributed by atoms with E-state index >= 15 is 0 Å². The average molecular weight is 380 g/mol. The fourth-order valence-electron chi connectivity index (χ4n) is 2.17. The maximum atomic E-state index is 12.2. The number of halogens is 2. The van der Waals surface area contributed by atoms with E-state index in [9.17, 15) is 4.79 Å². The first-order chi connectivity index (χ1) is 10.1. The van der Waals surface area contributed by atoms with E-state index in [1.54, 1.807) is 11.3 Å². The Bertz CT molecular complexity index is 575. The molecule has 130 valence electrons. The van der Waals surface area contributed by atoms with Crippen molar-refractivity contribution in [2.24, 2.45) is 5.73 Å². The number of nitrogens with zero attached hydrogens (tertiary/aromatic N) is 1. The Morgan fingerprint density at radius 3 is 2.61 bits per heavy atom. The largest absolute Gasteiger partial charge is 0.444 e. The van der Waals surface area contributed by atoms with Crippen molar-refractivity contribution >= 4 is 42.1 Å². The minimum Gasteiger partial charge on any atom is -0.444 e. The van der Waals surface area contributed by atoms with Crippen LogP contribution in [0.3, 0.4) is 0 Å². The van der Waals surface area contributed by atoms with Crippen LogP contribution in [0.15, 0.2) is 28.2 Å². The molecule has 2 rings (SSSR count). The Morgan fingerprint density at radius 1 is 1.39 bits per heavy atom. The van der Waals surface area contributed by atoms with E-state index in [1.165, 1.54) is 6.26 Å². The summed E-state index contributed by atoms with van der Waals surface area (Å²) < 4.78 is 5.41. The lowest BCUT2D eigenvalue weighted by Crippen LogP contribution is -2.53. The molecule has 3 N–H and O–H groups in total. The number of nitrogens with two attached hydrogens (primary N) is 1. The molecule has 23 heavy (non-hydrogen) atoms. The average Bonchev–Trinajstić information content (AvgIpc) is 3.15. The lowest BCUT2D eigenvalue weighted by atomic mass is 9.92. The van der Waals surface area contributed by atoms with Gasteiger partial charge in [0, 0.05) is 6.54 Å². The molecule has 0 bridgehead atoms. The lowest BCUT2D eigenvalue weighted by molar-refractivity contribution is -0.122. The highest BCUT2D eigenvalue weighted by Gasteiger charge is 2.26. The number of carbonyl (C=O) groups is 1. The molecule has 2 aromatic heterocycles. The van der Waals surface area contributed by atoms with Crippen LogP contribution in [0.5, 0.6) is 0 Å². The third kappa shape index (κ3) is 5.49. The minimum atomic E-state index is -0.322. The van der Waals surface area contributed by atoms with Gasteiger partial charge in [-0.1, -0.05) is 19.9 Å². The molecule has 1 amide bonds. The Hall–Kier alpha value is -1.08. The summed E-state index contributed by atoms with van der Waals surface area (Å²) in [5.41, 5.74) is 6.10. The van der Waals surface area contributed by atoms with Crippen LogP contribution in [-0.4, -0.2) is 23.0 Å². The van der Waals surface area contributed by atoms with Crippen LogP contribution in [-0.2, 0) is 11.2 Å². The highest BCUT2D eigenvalue weighted by atomic mass is 35.5. The highest BCUT2D eigenvalue weighted by Crippen LogP contribution is 2.23. The standard InChI is InChI=1S/C15H21N3O2S.2ClH/c1-3-15(4-2,10-16)18-13(19)8-11-9-20-14(17-11)12-6-5-7-21-12;;/h5-7,9H,3-4,8,10,16H2,1-2H3,(H,18,19);2*1H. The first kappa shape index (κ1) is 21.9. The molecule has 0 fully saturated rings. The molecule has 0 radical (unpaired) electrons. The predicted molar refractivity (Wildman–Crippen MR) is 98.5 cm³/mol. The van der Waals surface area contributed by atoms with Gasteiger partial charge in [0.1, 0.15) is 6.26 Å². The van der Waals surface area contributed by atoms with Gasteiger partial charge in [0.15, 0.2) is 0 Å². The Morgan fingerprint density at radius 2 is 2.09 bits per heavy atom. The number of rotatable bonds is 7. The molecule has 0 atom stereocenters. The van der Waals surface area contributed by atoms with Gasteiger partial charge in [0.05, 0.1) is 22.5 Å². The molecule has 2 aromatic rings. The number of amides is 1. The quantitative estimate of drug-likeness (QED) is 0.771. The van der Waals surface area contributed by atoms with Crippen LogP contribution in [0, 0.1) is 0 Å². The zero-order valence-corrected chi connectivity index (χ0v) is 15.7. The normalized spacial score (nSPS) is 10.6. The van der Waals surface area contributed by atoms with Gasteiger partial charge in [-0.3, -0.25) is 4.79 Å². The van der Waals surface area contributed by atoms with Gasteiger partial charge >= 0.3 is 0 Å². The molecule has 0 aromatic carbocycles. The highest BCUT2D eigenvalue weighted by molar-refractivity contribution is 7.13. The van der Waals surface area contributed by atoms with Crippen molar-refractivity contribution in [2.75, 3.05) is 6.54 Å². The maximum absolute atomic E-state index is 12.2. The summed E-state index contributed by atoms with van der Waals surface area (Å²) in [5.74, 6) is 0.485. The van der Waals surface area contributed by atoms with Crippen LogP contribution in [0.25, 0.3) is 10.8 Å². The molecule has 0 aliphatic rings. The number of hydrogen-bond acceptors (Lipinski definition) is 5. The summed E-state index contributed by atoms with van der Waals surface area (Å²) >= 11 is 1.56. The van der Waals surface area contributed by atoms with Crippen molar-refractivity contribution in [2.45, 2.75) is 38.6 Å². The van der Waals surface area contributed by atoms with E-state index in [0.717, 1.165) is 17.7 Å². The second-order valence-electron chi connectivity index (χ2n) is 5.04. The van der Waals surface area contributed by atoms with Crippen molar-refractivity contribution in [3.05, 3.63) is 29.5 Å². The van der Waals surface area contributed by atoms with E-state index in [-0.39, 0.29) is 42.7 Å². The first-order valence-corrected chi connectivity index (χ1v) is 7.99. The number of thiophene rings is 1. The second-order valence-corrected chi connectivity index (χ2v) is 5.99. The van der Waals surface area contributed by atoms with Crippen molar-refractivity contribution < 1.29 is 9.21 Å². The third-order valence-electron chi connectivity index (χ3n) is 3.77. The zero-order valence-electron chi connectivity index (χ0n) is 13.2. The molecular weight excluding hydrogens is 357 g/mol. The summed E-state index contributed by atoms with van der Waals surface area (Å²) in [5, 5.41) is 4.99. The molecule has 0 spiro atoms. The summed E-state index contributed by atoms with van der Waals surface area (Å²) in [6, 6.07) is 3.88. The molecule has 0 aliphatic carbocycles. The number of carbonyl (C=O) groups excluding carboxylic acids is 1. The van der Waals surface area contributed by atoms with E-state index in [0.29, 0.717) is 18.1 Å². The second kappa shape index (κ2) is 9.93. The summed E-state index contributed by atoms with van der Waals surface area (Å²) in [6.07, 6.45) is 3.36. The smallest absolute Gasteiger partial charge is 0.236 e. The molecular formula is C15H23Cl2N3O2S. The summed E-state index contributed by atoms with van der Waals surface area (Å²) in [7, 11) is 0. The zero-order chi connectivity index (χ0) is 15.3. The number of nitrogens with one attached hydrogen (secondary N) is 1. The number of aromatic nitrogens is 1. The van der Waals surface area contributed by atoms with Crippen molar-refractivity contribution in [1.82, 2.24) is 10.3 Å². The fraction of sp³-hybridized carbons (Fsp3) is 0.467. The summed E-state index contributed by atoms with van der Waals surface area (Å²) in [6.45, 7) is 4.49. The first-order valence-electron chi connectivity index (χ1n) is 7.12. The van der Waals surface area contributed by atoms with Gasteiger partial charge in [-0.15, -0.1) is 36.2 Å². The van der Waals surface area contributed by atoms with Crippen LogP contribution in [0.4, 0.5) is 0 Å². The van der Waals surface area contributed by atoms with Crippen LogP contribution in [0.1, 0.15) is 32.4 Å². The van der Waals surface area contributed by atoms with E-state index < -0.39 is 0 Å². The van der Waals surface area contributed by atoms with Crippen LogP contribution < -0.4 is 11.1 Å². The van der Waals surface area contributed by atoms with Crippen LogP contribution >= 0.6 is 36.2 Å². The van der Waals surface area contributed by atoms with Gasteiger partial charge in [0.2, 0.25) is 11.8 Å². The third-order valence-corrected chi connectivity index (χ3v) is 4.63. The molecule has 0 saturated carbocycles. The predicted octanol–water partition coefficient (Wildman–Crippen LogP) is 3.42. The van der Waals surface area contributed by atoms with Crippen LogP contribution in [0.2, 0.25) is 0 Å².